The van der Waals surface area contributed by atoms with Gasteiger partial charge in [-0.3, -0.25) is 9.59 Å². The van der Waals surface area contributed by atoms with Crippen LogP contribution in [0.2, 0.25) is 0 Å². The summed E-state index contributed by atoms with van der Waals surface area (Å²) in [5, 5.41) is 13.8. The highest BCUT2D eigenvalue weighted by atomic mass is 16.2. The van der Waals surface area contributed by atoms with Crippen molar-refractivity contribution in [1.82, 2.24) is 10.6 Å². The topological polar surface area (TPSA) is 82.1 Å². The first-order valence-electron chi connectivity index (χ1n) is 8.87. The van der Waals surface area contributed by atoms with Gasteiger partial charge < -0.3 is 16.0 Å². The quantitative estimate of drug-likeness (QED) is 0.719. The molecule has 1 atom stereocenters. The lowest BCUT2D eigenvalue weighted by Crippen LogP contribution is -2.38. The van der Waals surface area contributed by atoms with E-state index in [1.54, 1.807) is 0 Å². The van der Waals surface area contributed by atoms with E-state index in [-0.39, 0.29) is 17.9 Å². The predicted octanol–water partition coefficient (Wildman–Crippen LogP) is 3.17. The summed E-state index contributed by atoms with van der Waals surface area (Å²) in [4.78, 5) is 24.2. The highest BCUT2D eigenvalue weighted by Crippen LogP contribution is 2.21. The standard InChI is InChI=1S/C20H27N3O2/c1-4-22-19(24)12-16-11-17(9-10-18(16)21)23-20(25)15-7-5-14(6-8-15)13(2)3/h5-8,12-13,17,21H,4,9-11H2,1-3H3,(H,22,24)(H,23,25)/b16-12-,21-18?. The SMILES string of the molecule is CCNC(=O)/C=C1/CC(NC(=O)c2ccc(C(C)C)cc2)CCC1=N. The summed E-state index contributed by atoms with van der Waals surface area (Å²) in [5.41, 5.74) is 3.03. The van der Waals surface area contributed by atoms with Gasteiger partial charge in [0, 0.05) is 29.9 Å². The van der Waals surface area contributed by atoms with Crippen molar-refractivity contribution in [1.29, 1.82) is 5.41 Å². The van der Waals surface area contributed by atoms with Crippen LogP contribution in [0, 0.1) is 5.41 Å². The van der Waals surface area contributed by atoms with Crippen LogP contribution in [0.1, 0.15) is 61.9 Å². The molecule has 5 nitrogen and oxygen atoms in total. The summed E-state index contributed by atoms with van der Waals surface area (Å²) in [6.45, 7) is 6.65. The largest absolute Gasteiger partial charge is 0.353 e. The zero-order valence-corrected chi connectivity index (χ0v) is 15.2. The minimum absolute atomic E-state index is 0.0490. The van der Waals surface area contributed by atoms with Crippen LogP contribution in [0.3, 0.4) is 0 Å². The van der Waals surface area contributed by atoms with E-state index in [4.69, 9.17) is 5.41 Å². The van der Waals surface area contributed by atoms with E-state index in [2.05, 4.69) is 24.5 Å². The lowest BCUT2D eigenvalue weighted by atomic mass is 9.88. The molecule has 134 valence electrons. The third-order valence-electron chi connectivity index (χ3n) is 4.43. The number of hydrogen-bond acceptors (Lipinski definition) is 3. The summed E-state index contributed by atoms with van der Waals surface area (Å²) >= 11 is 0. The highest BCUT2D eigenvalue weighted by molar-refractivity contribution is 6.04. The van der Waals surface area contributed by atoms with Gasteiger partial charge in [-0.25, -0.2) is 0 Å². The third kappa shape index (κ3) is 5.28. The molecule has 1 aliphatic rings. The second-order valence-electron chi connectivity index (χ2n) is 6.73. The van der Waals surface area contributed by atoms with Crippen LogP contribution in [0.5, 0.6) is 0 Å². The first-order chi connectivity index (χ1) is 11.9. The molecule has 0 bridgehead atoms. The molecule has 0 spiro atoms. The molecule has 0 aliphatic heterocycles. The van der Waals surface area contributed by atoms with E-state index < -0.39 is 0 Å². The Morgan fingerprint density at radius 2 is 1.96 bits per heavy atom. The molecule has 0 heterocycles. The van der Waals surface area contributed by atoms with Gasteiger partial charge in [0.1, 0.15) is 0 Å². The molecule has 0 aromatic heterocycles. The molecule has 25 heavy (non-hydrogen) atoms. The normalized spacial score (nSPS) is 19.1. The Morgan fingerprint density at radius 3 is 2.56 bits per heavy atom. The first-order valence-corrected chi connectivity index (χ1v) is 8.87. The Hall–Kier alpha value is -2.43. The molecule has 1 aromatic rings. The highest BCUT2D eigenvalue weighted by Gasteiger charge is 2.23. The predicted molar refractivity (Wildman–Crippen MR) is 100 cm³/mol. The minimum Gasteiger partial charge on any atom is -0.353 e. The fourth-order valence-corrected chi connectivity index (χ4v) is 2.91. The van der Waals surface area contributed by atoms with Crippen molar-refractivity contribution in [2.75, 3.05) is 6.54 Å². The van der Waals surface area contributed by atoms with Crippen molar-refractivity contribution >= 4 is 17.5 Å². The second-order valence-corrected chi connectivity index (χ2v) is 6.73. The van der Waals surface area contributed by atoms with Crippen LogP contribution in [-0.2, 0) is 4.79 Å². The average Bonchev–Trinajstić information content (AvgIpc) is 2.58. The van der Waals surface area contributed by atoms with E-state index >= 15 is 0 Å². The third-order valence-corrected chi connectivity index (χ3v) is 4.43. The van der Waals surface area contributed by atoms with Gasteiger partial charge in [-0.2, -0.15) is 0 Å². The Kier molecular flexibility index (Phi) is 6.51. The summed E-state index contributed by atoms with van der Waals surface area (Å²) < 4.78 is 0. The van der Waals surface area contributed by atoms with Crippen molar-refractivity contribution in [3.8, 4) is 0 Å². The lowest BCUT2D eigenvalue weighted by molar-refractivity contribution is -0.116. The van der Waals surface area contributed by atoms with E-state index in [9.17, 15) is 9.59 Å². The molecular formula is C20H27N3O2. The molecule has 1 aliphatic carbocycles. The average molecular weight is 341 g/mol. The maximum absolute atomic E-state index is 12.4. The van der Waals surface area contributed by atoms with Crippen LogP contribution in [0.4, 0.5) is 0 Å². The number of rotatable bonds is 5. The first kappa shape index (κ1) is 18.9. The Morgan fingerprint density at radius 1 is 1.28 bits per heavy atom. The zero-order chi connectivity index (χ0) is 18.4. The summed E-state index contributed by atoms with van der Waals surface area (Å²) in [7, 11) is 0. The van der Waals surface area contributed by atoms with Crippen molar-refractivity contribution in [3.63, 3.8) is 0 Å². The van der Waals surface area contributed by atoms with E-state index in [0.29, 0.717) is 42.2 Å². The van der Waals surface area contributed by atoms with Gasteiger partial charge in [0.25, 0.3) is 5.91 Å². The van der Waals surface area contributed by atoms with Crippen LogP contribution < -0.4 is 10.6 Å². The maximum Gasteiger partial charge on any atom is 0.251 e. The molecule has 5 heteroatoms. The number of hydrogen-bond donors (Lipinski definition) is 3. The summed E-state index contributed by atoms with van der Waals surface area (Å²) in [6, 6.07) is 7.61. The van der Waals surface area contributed by atoms with Gasteiger partial charge in [0.15, 0.2) is 0 Å². The lowest BCUT2D eigenvalue weighted by Gasteiger charge is -2.26. The van der Waals surface area contributed by atoms with Gasteiger partial charge in [0.05, 0.1) is 0 Å². The fraction of sp³-hybridized carbons (Fsp3) is 0.450. The van der Waals surface area contributed by atoms with Crippen molar-refractivity contribution in [2.24, 2.45) is 0 Å². The smallest absolute Gasteiger partial charge is 0.251 e. The van der Waals surface area contributed by atoms with Crippen LogP contribution in [0.25, 0.3) is 0 Å². The van der Waals surface area contributed by atoms with Gasteiger partial charge in [-0.1, -0.05) is 26.0 Å². The van der Waals surface area contributed by atoms with Crippen molar-refractivity contribution in [2.45, 2.75) is 52.0 Å². The molecule has 1 fully saturated rings. The minimum atomic E-state index is -0.182. The Bertz CT molecular complexity index is 675. The second kappa shape index (κ2) is 8.60. The zero-order valence-electron chi connectivity index (χ0n) is 15.2. The molecule has 0 saturated heterocycles. The van der Waals surface area contributed by atoms with Crippen LogP contribution in [-0.4, -0.2) is 30.1 Å². The molecule has 1 aromatic carbocycles. The van der Waals surface area contributed by atoms with E-state index in [0.717, 1.165) is 6.42 Å². The number of carbonyl (C=O) groups excluding carboxylic acids is 2. The molecule has 0 radical (unpaired) electrons. The molecule has 1 saturated carbocycles. The molecule has 3 N–H and O–H groups in total. The number of nitrogens with one attached hydrogen (secondary N) is 3. The number of amides is 2. The molecule has 1 unspecified atom stereocenters. The molecule has 2 rings (SSSR count). The van der Waals surface area contributed by atoms with Crippen LogP contribution in [0.15, 0.2) is 35.9 Å². The maximum atomic E-state index is 12.4. The number of carbonyl (C=O) groups is 2. The van der Waals surface area contributed by atoms with Gasteiger partial charge in [-0.05, 0) is 55.4 Å². The van der Waals surface area contributed by atoms with E-state index in [1.165, 1.54) is 11.6 Å². The van der Waals surface area contributed by atoms with Gasteiger partial charge in [0.2, 0.25) is 5.91 Å². The Labute approximate surface area is 149 Å². The summed E-state index contributed by atoms with van der Waals surface area (Å²) in [6.07, 6.45) is 3.30. The monoisotopic (exact) mass is 341 g/mol. The Balaban J connectivity index is 2.00. The fourth-order valence-electron chi connectivity index (χ4n) is 2.91. The van der Waals surface area contributed by atoms with Gasteiger partial charge >= 0.3 is 0 Å². The van der Waals surface area contributed by atoms with Gasteiger partial charge in [-0.15, -0.1) is 0 Å². The number of benzene rings is 1. The number of likely N-dealkylation sites (N-methyl/N-ethyl adjacent to an activating group) is 1. The van der Waals surface area contributed by atoms with Crippen molar-refractivity contribution in [3.05, 3.63) is 47.0 Å². The van der Waals surface area contributed by atoms with Crippen molar-refractivity contribution < 1.29 is 9.59 Å². The molecule has 2 amide bonds. The van der Waals surface area contributed by atoms with E-state index in [1.807, 2.05) is 31.2 Å². The summed E-state index contributed by atoms with van der Waals surface area (Å²) in [5.74, 6) is 0.146. The van der Waals surface area contributed by atoms with Crippen LogP contribution >= 0.6 is 0 Å². The molecular weight excluding hydrogens is 314 g/mol.